The standard InChI is InChI=1S/C42H33Cl2N3O9S2/c43-31-10-2-27(3-11-31)29-6-15-35(16-7-29)57(52,53)45-39-19-1-26(21-37(39)41(48)49)23-47-24-34(25-47)56-33-14-20-40(38(22-33)42(50)51)46-58(54,55)36-17-8-30(9-18-36)28-4-12-32(44)13-5-28/h1-22,34,45-46H,23-25H2,(H,48,49)(H,50,51). The van der Waals surface area contributed by atoms with Crippen LogP contribution in [0.25, 0.3) is 22.3 Å². The minimum Gasteiger partial charge on any atom is -0.488 e. The van der Waals surface area contributed by atoms with Crippen LogP contribution in [0, 0.1) is 0 Å². The van der Waals surface area contributed by atoms with Crippen molar-refractivity contribution in [2.75, 3.05) is 22.5 Å². The molecule has 0 radical (unpaired) electrons. The molecule has 0 atom stereocenters. The summed E-state index contributed by atoms with van der Waals surface area (Å²) in [5.41, 5.74) is 3.12. The zero-order valence-electron chi connectivity index (χ0n) is 30.2. The van der Waals surface area contributed by atoms with E-state index >= 15 is 0 Å². The monoisotopic (exact) mass is 857 g/mol. The first-order chi connectivity index (χ1) is 27.6. The molecule has 7 rings (SSSR count). The van der Waals surface area contributed by atoms with Gasteiger partial charge in [-0.2, -0.15) is 0 Å². The number of sulfonamides is 2. The Morgan fingerprint density at radius 2 is 0.983 bits per heavy atom. The van der Waals surface area contributed by atoms with Crippen LogP contribution < -0.4 is 14.2 Å². The highest BCUT2D eigenvalue weighted by Gasteiger charge is 2.30. The molecule has 0 bridgehead atoms. The first-order valence-electron chi connectivity index (χ1n) is 17.5. The lowest BCUT2D eigenvalue weighted by atomic mass is 10.1. The number of carboxylic acid groups (broad SMARTS) is 2. The summed E-state index contributed by atoms with van der Waals surface area (Å²) in [6.45, 7) is 1.18. The topological polar surface area (TPSA) is 179 Å². The summed E-state index contributed by atoms with van der Waals surface area (Å²) in [5, 5.41) is 21.0. The molecule has 1 saturated heterocycles. The lowest BCUT2D eigenvalue weighted by Crippen LogP contribution is -2.53. The lowest BCUT2D eigenvalue weighted by molar-refractivity contribution is 0.0144. The van der Waals surface area contributed by atoms with E-state index in [-0.39, 0.29) is 44.1 Å². The van der Waals surface area contributed by atoms with Gasteiger partial charge in [0.05, 0.1) is 32.3 Å². The predicted molar refractivity (Wildman–Crippen MR) is 222 cm³/mol. The van der Waals surface area contributed by atoms with E-state index in [1.807, 2.05) is 29.2 Å². The van der Waals surface area contributed by atoms with Crippen molar-refractivity contribution in [3.8, 4) is 28.0 Å². The molecule has 0 saturated carbocycles. The summed E-state index contributed by atoms with van der Waals surface area (Å²) in [6.07, 6.45) is -0.334. The van der Waals surface area contributed by atoms with Crippen LogP contribution in [0.3, 0.4) is 0 Å². The molecule has 0 spiro atoms. The number of anilines is 2. The highest BCUT2D eigenvalue weighted by atomic mass is 35.5. The van der Waals surface area contributed by atoms with Crippen molar-refractivity contribution in [2.45, 2.75) is 22.4 Å². The zero-order valence-corrected chi connectivity index (χ0v) is 33.3. The predicted octanol–water partition coefficient (Wildman–Crippen LogP) is 8.59. The third-order valence-electron chi connectivity index (χ3n) is 9.34. The molecule has 1 aliphatic heterocycles. The van der Waals surface area contributed by atoms with Crippen LogP contribution in [0.2, 0.25) is 10.0 Å². The summed E-state index contributed by atoms with van der Waals surface area (Å²) in [4.78, 5) is 26.2. The maximum Gasteiger partial charge on any atom is 0.337 e. The molecule has 296 valence electrons. The molecule has 0 aromatic heterocycles. The zero-order chi connectivity index (χ0) is 41.2. The minimum absolute atomic E-state index is 0.0411. The van der Waals surface area contributed by atoms with Crippen molar-refractivity contribution in [1.82, 2.24) is 4.90 Å². The molecule has 0 amide bonds. The van der Waals surface area contributed by atoms with E-state index in [0.29, 0.717) is 35.2 Å². The van der Waals surface area contributed by atoms with E-state index in [9.17, 15) is 36.6 Å². The number of halogens is 2. The fourth-order valence-electron chi connectivity index (χ4n) is 6.34. The number of carbonyl (C=O) groups is 2. The van der Waals surface area contributed by atoms with Gasteiger partial charge in [0.2, 0.25) is 0 Å². The van der Waals surface area contributed by atoms with Gasteiger partial charge in [0.1, 0.15) is 11.9 Å². The Kier molecular flexibility index (Phi) is 11.5. The van der Waals surface area contributed by atoms with Crippen molar-refractivity contribution >= 4 is 66.6 Å². The number of nitrogens with zero attached hydrogens (tertiary/aromatic N) is 1. The number of nitrogens with one attached hydrogen (secondary N) is 2. The van der Waals surface area contributed by atoms with Gasteiger partial charge in [-0.25, -0.2) is 26.4 Å². The molecule has 6 aromatic carbocycles. The number of ether oxygens (including phenoxy) is 1. The fraction of sp³-hybridized carbons (Fsp3) is 0.0952. The van der Waals surface area contributed by atoms with Gasteiger partial charge in [-0.1, -0.05) is 77.8 Å². The molecule has 0 aliphatic carbocycles. The summed E-state index contributed by atoms with van der Waals surface area (Å²) in [6, 6.07) is 35.0. The van der Waals surface area contributed by atoms with Crippen molar-refractivity contribution in [3.63, 3.8) is 0 Å². The summed E-state index contributed by atoms with van der Waals surface area (Å²) in [5.74, 6) is -2.44. The maximum absolute atomic E-state index is 13.2. The number of rotatable bonds is 14. The van der Waals surface area contributed by atoms with Gasteiger partial charge in [0.25, 0.3) is 20.0 Å². The van der Waals surface area contributed by atoms with Gasteiger partial charge in [-0.3, -0.25) is 14.3 Å². The average Bonchev–Trinajstić information content (AvgIpc) is 3.18. The first-order valence-corrected chi connectivity index (χ1v) is 21.3. The Morgan fingerprint density at radius 3 is 1.41 bits per heavy atom. The molecule has 6 aromatic rings. The molecular weight excluding hydrogens is 826 g/mol. The fourth-order valence-corrected chi connectivity index (χ4v) is 8.75. The highest BCUT2D eigenvalue weighted by molar-refractivity contribution is 7.93. The Morgan fingerprint density at radius 1 is 0.586 bits per heavy atom. The van der Waals surface area contributed by atoms with Crippen molar-refractivity contribution in [2.24, 2.45) is 0 Å². The van der Waals surface area contributed by atoms with E-state index in [2.05, 4.69) is 9.44 Å². The number of carboxylic acids is 2. The summed E-state index contributed by atoms with van der Waals surface area (Å²) in [7, 11) is -8.26. The van der Waals surface area contributed by atoms with Gasteiger partial charge >= 0.3 is 11.9 Å². The second-order valence-electron chi connectivity index (χ2n) is 13.4. The Bertz CT molecular complexity index is 2540. The van der Waals surface area contributed by atoms with Crippen LogP contribution in [0.4, 0.5) is 11.4 Å². The summed E-state index contributed by atoms with van der Waals surface area (Å²) >= 11 is 11.9. The summed E-state index contributed by atoms with van der Waals surface area (Å²) < 4.78 is 63.6. The van der Waals surface area contributed by atoms with Gasteiger partial charge in [0.15, 0.2) is 0 Å². The molecule has 0 unspecified atom stereocenters. The number of hydrogen-bond acceptors (Lipinski definition) is 8. The first kappa shape index (κ1) is 40.3. The van der Waals surface area contributed by atoms with Crippen LogP contribution in [0.15, 0.2) is 143 Å². The third-order valence-corrected chi connectivity index (χ3v) is 12.6. The van der Waals surface area contributed by atoms with E-state index in [1.165, 1.54) is 54.6 Å². The number of likely N-dealkylation sites (tertiary alicyclic amines) is 1. The normalized spacial score (nSPS) is 13.3. The molecular formula is C42H33Cl2N3O9S2. The minimum atomic E-state index is -4.14. The van der Waals surface area contributed by atoms with Gasteiger partial charge < -0.3 is 14.9 Å². The van der Waals surface area contributed by atoms with Crippen LogP contribution >= 0.6 is 23.2 Å². The van der Waals surface area contributed by atoms with E-state index in [0.717, 1.165) is 22.3 Å². The Balaban J connectivity index is 0.956. The van der Waals surface area contributed by atoms with Crippen LogP contribution in [-0.4, -0.2) is 63.1 Å². The van der Waals surface area contributed by atoms with Crippen LogP contribution in [0.1, 0.15) is 26.3 Å². The Labute approximate surface area is 344 Å². The van der Waals surface area contributed by atoms with Gasteiger partial charge in [0, 0.05) is 29.7 Å². The smallest absolute Gasteiger partial charge is 0.337 e. The lowest BCUT2D eigenvalue weighted by Gasteiger charge is -2.39. The molecule has 1 aliphatic rings. The highest BCUT2D eigenvalue weighted by Crippen LogP contribution is 2.30. The van der Waals surface area contributed by atoms with Crippen LogP contribution in [-0.2, 0) is 26.6 Å². The van der Waals surface area contributed by atoms with Crippen molar-refractivity contribution in [3.05, 3.63) is 160 Å². The van der Waals surface area contributed by atoms with E-state index in [4.69, 9.17) is 27.9 Å². The molecule has 16 heteroatoms. The quantitative estimate of drug-likeness (QED) is 0.0829. The second-order valence-corrected chi connectivity index (χ2v) is 17.6. The third kappa shape index (κ3) is 9.28. The van der Waals surface area contributed by atoms with Crippen molar-refractivity contribution in [1.29, 1.82) is 0 Å². The average molecular weight is 859 g/mol. The molecule has 12 nitrogen and oxygen atoms in total. The largest absolute Gasteiger partial charge is 0.488 e. The van der Waals surface area contributed by atoms with Gasteiger partial charge in [-0.15, -0.1) is 0 Å². The molecule has 4 N–H and O–H groups in total. The van der Waals surface area contributed by atoms with E-state index in [1.54, 1.807) is 54.6 Å². The molecule has 58 heavy (non-hydrogen) atoms. The molecule has 1 heterocycles. The number of benzene rings is 6. The second kappa shape index (κ2) is 16.5. The van der Waals surface area contributed by atoms with Gasteiger partial charge in [-0.05, 0) is 107 Å². The Hall–Kier alpha value is -5.90. The van der Waals surface area contributed by atoms with Crippen molar-refractivity contribution < 1.29 is 41.4 Å². The number of aromatic carboxylic acids is 2. The van der Waals surface area contributed by atoms with Crippen LogP contribution in [0.5, 0.6) is 5.75 Å². The van der Waals surface area contributed by atoms with E-state index < -0.39 is 32.0 Å². The maximum atomic E-state index is 13.2. The SMILES string of the molecule is O=C(O)c1cc(CN2CC(Oc3ccc(NS(=O)(=O)c4ccc(-c5ccc(Cl)cc5)cc4)c(C(=O)O)c3)C2)ccc1NS(=O)(=O)c1ccc(-c2ccc(Cl)cc2)cc1. The number of hydrogen-bond donors (Lipinski definition) is 4. The molecule has 1 fully saturated rings.